The molecule has 2 rings (SSSR count). The molecule has 2 aromatic carbocycles. The Morgan fingerprint density at radius 3 is 2.37 bits per heavy atom. The third-order valence-corrected chi connectivity index (χ3v) is 4.00. The van der Waals surface area contributed by atoms with E-state index in [1.807, 2.05) is 19.1 Å². The van der Waals surface area contributed by atoms with Gasteiger partial charge in [-0.2, -0.15) is 0 Å². The number of aryl methyl sites for hydroxylation is 1. The summed E-state index contributed by atoms with van der Waals surface area (Å²) < 4.78 is 5.98. The smallest absolute Gasteiger partial charge is 0.193 e. The summed E-state index contributed by atoms with van der Waals surface area (Å²) in [5.74, 6) is 0.494. The first kappa shape index (κ1) is 14.1. The molecule has 0 amide bonds. The van der Waals surface area contributed by atoms with Gasteiger partial charge >= 0.3 is 0 Å². The van der Waals surface area contributed by atoms with Gasteiger partial charge < -0.3 is 4.74 Å². The molecular formula is C15H12BrClO2. The van der Waals surface area contributed by atoms with Gasteiger partial charge in [-0.05, 0) is 36.8 Å². The Bertz CT molecular complexity index is 638. The summed E-state index contributed by atoms with van der Waals surface area (Å²) >= 11 is 9.46. The number of rotatable bonds is 3. The van der Waals surface area contributed by atoms with E-state index in [0.29, 0.717) is 21.9 Å². The van der Waals surface area contributed by atoms with Crippen molar-refractivity contribution in [2.24, 2.45) is 0 Å². The van der Waals surface area contributed by atoms with Crippen molar-refractivity contribution < 1.29 is 9.53 Å². The number of halogens is 2. The first-order chi connectivity index (χ1) is 9.02. The molecule has 0 aliphatic rings. The van der Waals surface area contributed by atoms with Crippen LogP contribution in [0.15, 0.2) is 40.9 Å². The summed E-state index contributed by atoms with van der Waals surface area (Å²) in [7, 11) is 1.54. The zero-order chi connectivity index (χ0) is 14.0. The van der Waals surface area contributed by atoms with Crippen molar-refractivity contribution in [2.75, 3.05) is 7.11 Å². The number of hydrogen-bond donors (Lipinski definition) is 0. The Morgan fingerprint density at radius 1 is 1.16 bits per heavy atom. The molecule has 98 valence electrons. The van der Waals surface area contributed by atoms with E-state index in [9.17, 15) is 4.79 Å². The third-order valence-electron chi connectivity index (χ3n) is 2.85. The normalized spacial score (nSPS) is 10.3. The van der Waals surface area contributed by atoms with Gasteiger partial charge in [-0.3, -0.25) is 4.79 Å². The van der Waals surface area contributed by atoms with Crippen molar-refractivity contribution in [2.45, 2.75) is 6.92 Å². The molecule has 0 aliphatic heterocycles. The highest BCUT2D eigenvalue weighted by Gasteiger charge is 2.12. The number of carbonyl (C=O) groups excluding carboxylic acids is 1. The highest BCUT2D eigenvalue weighted by atomic mass is 79.9. The molecule has 0 saturated carbocycles. The molecule has 0 aromatic heterocycles. The minimum Gasteiger partial charge on any atom is -0.495 e. The Balaban J connectivity index is 2.38. The molecule has 19 heavy (non-hydrogen) atoms. The monoisotopic (exact) mass is 338 g/mol. The summed E-state index contributed by atoms with van der Waals surface area (Å²) in [5, 5.41) is 0.430. The van der Waals surface area contributed by atoms with Crippen molar-refractivity contribution in [1.82, 2.24) is 0 Å². The Morgan fingerprint density at radius 2 is 1.79 bits per heavy atom. The van der Waals surface area contributed by atoms with Gasteiger partial charge in [-0.1, -0.05) is 39.7 Å². The van der Waals surface area contributed by atoms with Gasteiger partial charge in [0.2, 0.25) is 0 Å². The van der Waals surface area contributed by atoms with Crippen LogP contribution in [0.25, 0.3) is 0 Å². The molecule has 2 nitrogen and oxygen atoms in total. The van der Waals surface area contributed by atoms with E-state index in [1.54, 1.807) is 31.4 Å². The fraction of sp³-hybridized carbons (Fsp3) is 0.133. The summed E-state index contributed by atoms with van der Waals surface area (Å²) in [6, 6.07) is 10.6. The van der Waals surface area contributed by atoms with Crippen molar-refractivity contribution in [3.8, 4) is 5.75 Å². The zero-order valence-corrected chi connectivity index (χ0v) is 12.9. The predicted octanol–water partition coefficient (Wildman–Crippen LogP) is 4.65. The zero-order valence-electron chi connectivity index (χ0n) is 10.5. The van der Waals surface area contributed by atoms with Crippen LogP contribution in [0.5, 0.6) is 5.75 Å². The highest BCUT2D eigenvalue weighted by molar-refractivity contribution is 9.10. The maximum Gasteiger partial charge on any atom is 0.193 e. The lowest BCUT2D eigenvalue weighted by molar-refractivity contribution is 0.103. The molecule has 0 spiro atoms. The minimum absolute atomic E-state index is 0.0646. The van der Waals surface area contributed by atoms with Crippen LogP contribution in [0.4, 0.5) is 0 Å². The Kier molecular flexibility index (Phi) is 4.27. The second-order valence-electron chi connectivity index (χ2n) is 4.14. The summed E-state index contributed by atoms with van der Waals surface area (Å²) in [6.07, 6.45) is 0. The number of methoxy groups -OCH3 is 1. The fourth-order valence-electron chi connectivity index (χ4n) is 1.71. The molecule has 2 aromatic rings. The minimum atomic E-state index is -0.0646. The number of ether oxygens (including phenoxy) is 1. The molecule has 0 bridgehead atoms. The lowest BCUT2D eigenvalue weighted by Crippen LogP contribution is -2.02. The Labute approximate surface area is 125 Å². The van der Waals surface area contributed by atoms with Crippen LogP contribution in [0.1, 0.15) is 21.5 Å². The van der Waals surface area contributed by atoms with Crippen LogP contribution in [-0.4, -0.2) is 12.9 Å². The quantitative estimate of drug-likeness (QED) is 0.761. The molecule has 0 N–H and O–H groups in total. The van der Waals surface area contributed by atoms with Crippen LogP contribution in [0.3, 0.4) is 0 Å². The van der Waals surface area contributed by atoms with E-state index in [-0.39, 0.29) is 5.78 Å². The van der Waals surface area contributed by atoms with E-state index in [4.69, 9.17) is 16.3 Å². The first-order valence-corrected chi connectivity index (χ1v) is 6.84. The number of ketones is 1. The van der Waals surface area contributed by atoms with Gasteiger partial charge in [-0.15, -0.1) is 0 Å². The van der Waals surface area contributed by atoms with Gasteiger partial charge in [0, 0.05) is 15.6 Å². The van der Waals surface area contributed by atoms with Crippen LogP contribution < -0.4 is 4.74 Å². The van der Waals surface area contributed by atoms with Crippen LogP contribution in [0, 0.1) is 6.92 Å². The van der Waals surface area contributed by atoms with Crippen LogP contribution in [-0.2, 0) is 0 Å². The second-order valence-corrected chi connectivity index (χ2v) is 5.40. The number of carbonyl (C=O) groups is 1. The molecule has 0 aliphatic carbocycles. The molecule has 0 unspecified atom stereocenters. The third kappa shape index (κ3) is 2.99. The lowest BCUT2D eigenvalue weighted by Gasteiger charge is -2.07. The summed E-state index contributed by atoms with van der Waals surface area (Å²) in [6.45, 7) is 1.97. The SMILES string of the molecule is COc1ccc(C(=O)c2ccc(C)c(Br)c2)cc1Cl. The summed E-state index contributed by atoms with van der Waals surface area (Å²) in [4.78, 5) is 12.3. The predicted molar refractivity (Wildman–Crippen MR) is 80.3 cm³/mol. The average Bonchev–Trinajstić information content (AvgIpc) is 2.41. The second kappa shape index (κ2) is 5.76. The Hall–Kier alpha value is -1.32. The topological polar surface area (TPSA) is 26.3 Å². The molecule has 0 fully saturated rings. The van der Waals surface area contributed by atoms with Crippen molar-refractivity contribution in [1.29, 1.82) is 0 Å². The van der Waals surface area contributed by atoms with E-state index in [0.717, 1.165) is 10.0 Å². The van der Waals surface area contributed by atoms with Crippen molar-refractivity contribution >= 4 is 33.3 Å². The maximum atomic E-state index is 12.3. The van der Waals surface area contributed by atoms with Gasteiger partial charge in [0.05, 0.1) is 12.1 Å². The first-order valence-electron chi connectivity index (χ1n) is 5.67. The van der Waals surface area contributed by atoms with Crippen molar-refractivity contribution in [3.05, 3.63) is 62.6 Å². The van der Waals surface area contributed by atoms with E-state index in [1.165, 1.54) is 0 Å². The molecule has 0 heterocycles. The van der Waals surface area contributed by atoms with Crippen LogP contribution >= 0.6 is 27.5 Å². The maximum absolute atomic E-state index is 12.3. The van der Waals surface area contributed by atoms with Gasteiger partial charge in [0.1, 0.15) is 5.75 Å². The molecule has 4 heteroatoms. The highest BCUT2D eigenvalue weighted by Crippen LogP contribution is 2.27. The summed E-state index contributed by atoms with van der Waals surface area (Å²) in [5.41, 5.74) is 2.25. The van der Waals surface area contributed by atoms with Gasteiger partial charge in [0.15, 0.2) is 5.78 Å². The standard InChI is InChI=1S/C15H12BrClO2/c1-9-3-4-10(7-12(9)16)15(18)11-5-6-14(19-2)13(17)8-11/h3-8H,1-2H3. The van der Waals surface area contributed by atoms with E-state index in [2.05, 4.69) is 15.9 Å². The lowest BCUT2D eigenvalue weighted by atomic mass is 10.0. The van der Waals surface area contributed by atoms with Gasteiger partial charge in [0.25, 0.3) is 0 Å². The number of benzene rings is 2. The average molecular weight is 340 g/mol. The molecular weight excluding hydrogens is 328 g/mol. The largest absolute Gasteiger partial charge is 0.495 e. The van der Waals surface area contributed by atoms with Gasteiger partial charge in [-0.25, -0.2) is 0 Å². The molecule has 0 saturated heterocycles. The fourth-order valence-corrected chi connectivity index (χ4v) is 2.34. The van der Waals surface area contributed by atoms with Crippen molar-refractivity contribution in [3.63, 3.8) is 0 Å². The van der Waals surface area contributed by atoms with Crippen LogP contribution in [0.2, 0.25) is 5.02 Å². The van der Waals surface area contributed by atoms with E-state index < -0.39 is 0 Å². The number of hydrogen-bond acceptors (Lipinski definition) is 2. The van der Waals surface area contributed by atoms with E-state index >= 15 is 0 Å². The molecule has 0 radical (unpaired) electrons. The molecule has 0 atom stereocenters.